The molecule has 0 bridgehead atoms. The van der Waals surface area contributed by atoms with Gasteiger partial charge < -0.3 is 11.1 Å². The number of thioether (sulfide) groups is 1. The van der Waals surface area contributed by atoms with Crippen LogP contribution >= 0.6 is 23.4 Å². The zero-order valence-corrected chi connectivity index (χ0v) is 13.2. The highest BCUT2D eigenvalue weighted by molar-refractivity contribution is 7.98. The normalized spacial score (nSPS) is 13.0. The SMILES string of the molecule is CSCC[C@H](N)C(=O)Nc1cc(S(N)(=O)=O)ccc1Cl. The average Bonchev–Trinajstić information content (AvgIpc) is 2.37. The third kappa shape index (κ3) is 4.95. The van der Waals surface area contributed by atoms with Crippen molar-refractivity contribution in [3.8, 4) is 0 Å². The van der Waals surface area contributed by atoms with Crippen molar-refractivity contribution in [1.29, 1.82) is 0 Å². The predicted molar refractivity (Wildman–Crippen MR) is 82.4 cm³/mol. The molecule has 20 heavy (non-hydrogen) atoms. The van der Waals surface area contributed by atoms with E-state index in [1.165, 1.54) is 18.2 Å². The van der Waals surface area contributed by atoms with Crippen LogP contribution in [-0.2, 0) is 14.8 Å². The van der Waals surface area contributed by atoms with Gasteiger partial charge in [-0.25, -0.2) is 13.6 Å². The molecular formula is C11H16ClN3O3S2. The van der Waals surface area contributed by atoms with Crippen LogP contribution in [-0.4, -0.2) is 32.4 Å². The maximum Gasteiger partial charge on any atom is 0.241 e. The number of primary sulfonamides is 1. The number of hydrogen-bond donors (Lipinski definition) is 3. The van der Waals surface area contributed by atoms with Crippen LogP contribution < -0.4 is 16.2 Å². The minimum atomic E-state index is -3.86. The average molecular weight is 338 g/mol. The van der Waals surface area contributed by atoms with Crippen molar-refractivity contribution in [3.63, 3.8) is 0 Å². The van der Waals surface area contributed by atoms with Crippen LogP contribution in [0.2, 0.25) is 5.02 Å². The molecule has 0 saturated carbocycles. The molecule has 1 aromatic carbocycles. The van der Waals surface area contributed by atoms with Crippen LogP contribution in [0.15, 0.2) is 23.1 Å². The number of carbonyl (C=O) groups is 1. The summed E-state index contributed by atoms with van der Waals surface area (Å²) in [5, 5.41) is 7.74. The molecule has 0 aliphatic carbocycles. The van der Waals surface area contributed by atoms with Crippen LogP contribution in [0.4, 0.5) is 5.69 Å². The van der Waals surface area contributed by atoms with Gasteiger partial charge in [0.1, 0.15) is 0 Å². The lowest BCUT2D eigenvalue weighted by Crippen LogP contribution is -2.36. The van der Waals surface area contributed by atoms with E-state index < -0.39 is 22.0 Å². The smallest absolute Gasteiger partial charge is 0.241 e. The predicted octanol–water partition coefficient (Wildman–Crippen LogP) is 1.01. The largest absolute Gasteiger partial charge is 0.323 e. The second-order valence-corrected chi connectivity index (χ2v) is 7.02. The number of hydrogen-bond acceptors (Lipinski definition) is 5. The highest BCUT2D eigenvalue weighted by atomic mass is 35.5. The lowest BCUT2D eigenvalue weighted by Gasteiger charge is -2.13. The first-order valence-electron chi connectivity index (χ1n) is 5.63. The van der Waals surface area contributed by atoms with Crippen molar-refractivity contribution in [3.05, 3.63) is 23.2 Å². The molecule has 0 spiro atoms. The minimum absolute atomic E-state index is 0.130. The van der Waals surface area contributed by atoms with Gasteiger partial charge in [0.25, 0.3) is 0 Å². The molecule has 0 fully saturated rings. The molecule has 0 heterocycles. The van der Waals surface area contributed by atoms with Gasteiger partial charge in [0.05, 0.1) is 21.6 Å². The number of nitrogens with one attached hydrogen (secondary N) is 1. The van der Waals surface area contributed by atoms with Gasteiger partial charge in [0.15, 0.2) is 0 Å². The van der Waals surface area contributed by atoms with Crippen molar-refractivity contribution in [2.24, 2.45) is 10.9 Å². The lowest BCUT2D eigenvalue weighted by molar-refractivity contribution is -0.117. The van der Waals surface area contributed by atoms with Crippen LogP contribution in [0.1, 0.15) is 6.42 Å². The third-order valence-electron chi connectivity index (χ3n) is 2.49. The van der Waals surface area contributed by atoms with Crippen molar-refractivity contribution < 1.29 is 13.2 Å². The van der Waals surface area contributed by atoms with Gasteiger partial charge in [-0.1, -0.05) is 11.6 Å². The number of sulfonamides is 1. The Kier molecular flexibility index (Phi) is 6.28. The van der Waals surface area contributed by atoms with E-state index in [1.54, 1.807) is 11.8 Å². The van der Waals surface area contributed by atoms with Gasteiger partial charge in [0, 0.05) is 0 Å². The first-order valence-corrected chi connectivity index (χ1v) is 8.95. The van der Waals surface area contributed by atoms with E-state index in [0.717, 1.165) is 5.75 Å². The molecule has 1 rings (SSSR count). The Morgan fingerprint density at radius 3 is 2.70 bits per heavy atom. The van der Waals surface area contributed by atoms with Gasteiger partial charge in [-0.05, 0) is 36.6 Å². The number of halogens is 1. The Hall–Kier alpha value is -0.800. The molecule has 0 aliphatic rings. The Balaban J connectivity index is 2.89. The van der Waals surface area contributed by atoms with Gasteiger partial charge in [-0.3, -0.25) is 4.79 Å². The quantitative estimate of drug-likeness (QED) is 0.716. The van der Waals surface area contributed by atoms with Gasteiger partial charge in [-0.2, -0.15) is 11.8 Å². The number of nitrogens with two attached hydrogens (primary N) is 2. The summed E-state index contributed by atoms with van der Waals surface area (Å²) < 4.78 is 22.5. The molecule has 1 atom stereocenters. The highest BCUT2D eigenvalue weighted by Gasteiger charge is 2.16. The van der Waals surface area contributed by atoms with E-state index >= 15 is 0 Å². The number of carbonyl (C=O) groups excluding carboxylic acids is 1. The number of rotatable bonds is 6. The Morgan fingerprint density at radius 2 is 2.15 bits per heavy atom. The highest BCUT2D eigenvalue weighted by Crippen LogP contribution is 2.25. The molecule has 1 aromatic rings. The Bertz CT molecular complexity index is 593. The van der Waals surface area contributed by atoms with Crippen molar-refractivity contribution >= 4 is 45.0 Å². The molecule has 0 radical (unpaired) electrons. The van der Waals surface area contributed by atoms with Crippen molar-refractivity contribution in [2.45, 2.75) is 17.4 Å². The first kappa shape index (κ1) is 17.3. The fourth-order valence-electron chi connectivity index (χ4n) is 1.38. The second-order valence-electron chi connectivity index (χ2n) is 4.06. The summed E-state index contributed by atoms with van der Waals surface area (Å²) in [5.41, 5.74) is 5.88. The summed E-state index contributed by atoms with van der Waals surface area (Å²) in [6, 6.07) is 3.14. The summed E-state index contributed by atoms with van der Waals surface area (Å²) in [7, 11) is -3.86. The zero-order valence-electron chi connectivity index (χ0n) is 10.8. The standard InChI is InChI=1S/C11H16ClN3O3S2/c1-19-5-4-9(13)11(16)15-10-6-7(20(14,17)18)2-3-8(10)12/h2-3,6,9H,4-5,13H2,1H3,(H,15,16)(H2,14,17,18)/t9-/m0/s1. The molecule has 0 unspecified atom stereocenters. The summed E-state index contributed by atoms with van der Waals surface area (Å²) in [4.78, 5) is 11.7. The molecule has 1 amide bonds. The maximum atomic E-state index is 11.8. The summed E-state index contributed by atoms with van der Waals surface area (Å²) >= 11 is 7.48. The zero-order chi connectivity index (χ0) is 15.3. The molecular weight excluding hydrogens is 322 g/mol. The van der Waals surface area contributed by atoms with E-state index in [4.69, 9.17) is 22.5 Å². The van der Waals surface area contributed by atoms with Gasteiger partial charge in [-0.15, -0.1) is 0 Å². The maximum absolute atomic E-state index is 11.8. The number of anilines is 1. The van der Waals surface area contributed by atoms with Crippen molar-refractivity contribution in [2.75, 3.05) is 17.3 Å². The molecule has 9 heteroatoms. The van der Waals surface area contributed by atoms with Crippen LogP contribution in [0.5, 0.6) is 0 Å². The second kappa shape index (κ2) is 7.28. The number of amides is 1. The lowest BCUT2D eigenvalue weighted by atomic mass is 10.2. The number of benzene rings is 1. The van der Waals surface area contributed by atoms with E-state index in [9.17, 15) is 13.2 Å². The molecule has 0 saturated heterocycles. The van der Waals surface area contributed by atoms with E-state index in [0.29, 0.717) is 6.42 Å². The van der Waals surface area contributed by atoms with Crippen LogP contribution in [0.25, 0.3) is 0 Å². The van der Waals surface area contributed by atoms with Gasteiger partial charge >= 0.3 is 0 Å². The van der Waals surface area contributed by atoms with E-state index in [1.807, 2.05) is 6.26 Å². The van der Waals surface area contributed by atoms with Crippen molar-refractivity contribution in [1.82, 2.24) is 0 Å². The van der Waals surface area contributed by atoms with E-state index in [2.05, 4.69) is 5.32 Å². The molecule has 112 valence electrons. The molecule has 0 aliphatic heterocycles. The van der Waals surface area contributed by atoms with Crippen LogP contribution in [0, 0.1) is 0 Å². The Morgan fingerprint density at radius 1 is 1.50 bits per heavy atom. The monoisotopic (exact) mass is 337 g/mol. The fraction of sp³-hybridized carbons (Fsp3) is 0.364. The molecule has 5 N–H and O–H groups in total. The topological polar surface area (TPSA) is 115 Å². The fourth-order valence-corrected chi connectivity index (χ4v) is 2.57. The molecule has 6 nitrogen and oxygen atoms in total. The van der Waals surface area contributed by atoms with Crippen LogP contribution in [0.3, 0.4) is 0 Å². The van der Waals surface area contributed by atoms with Gasteiger partial charge in [0.2, 0.25) is 15.9 Å². The molecule has 0 aromatic heterocycles. The Labute approximate surface area is 127 Å². The summed E-state index contributed by atoms with van der Waals surface area (Å²) in [5.74, 6) is 0.326. The minimum Gasteiger partial charge on any atom is -0.323 e. The van der Waals surface area contributed by atoms with E-state index in [-0.39, 0.29) is 15.6 Å². The summed E-state index contributed by atoms with van der Waals surface area (Å²) in [6.45, 7) is 0. The summed E-state index contributed by atoms with van der Waals surface area (Å²) in [6.07, 6.45) is 2.43. The third-order valence-corrected chi connectivity index (χ3v) is 4.38. The first-order chi connectivity index (χ1) is 9.25.